The van der Waals surface area contributed by atoms with Crippen molar-refractivity contribution < 1.29 is 4.79 Å². The predicted molar refractivity (Wildman–Crippen MR) is 131 cm³/mol. The molecule has 1 aromatic carbocycles. The lowest BCUT2D eigenvalue weighted by Crippen LogP contribution is -2.46. The second kappa shape index (κ2) is 12.2. The Kier molecular flexibility index (Phi) is 10.0. The minimum Gasteiger partial charge on any atom is -0.372 e. The van der Waals surface area contributed by atoms with Crippen molar-refractivity contribution in [1.82, 2.24) is 16.0 Å². The van der Waals surface area contributed by atoms with Gasteiger partial charge in [0.05, 0.1) is 12.6 Å². The number of carbonyl (C=O) groups excluding carboxylic acids is 1. The molecule has 1 atom stereocenters. The first kappa shape index (κ1) is 23.8. The summed E-state index contributed by atoms with van der Waals surface area (Å²) >= 11 is 0. The van der Waals surface area contributed by atoms with Gasteiger partial charge in [-0.25, -0.2) is 0 Å². The first-order valence-corrected chi connectivity index (χ1v) is 10.8. The van der Waals surface area contributed by atoms with Gasteiger partial charge in [0.1, 0.15) is 0 Å². The van der Waals surface area contributed by atoms with E-state index in [9.17, 15) is 4.79 Å². The van der Waals surface area contributed by atoms with Crippen LogP contribution in [0.4, 0.5) is 5.69 Å². The van der Waals surface area contributed by atoms with E-state index in [0.29, 0.717) is 12.0 Å². The summed E-state index contributed by atoms with van der Waals surface area (Å²) < 4.78 is 0. The van der Waals surface area contributed by atoms with Crippen LogP contribution in [0.25, 0.3) is 0 Å². The molecule has 3 N–H and O–H groups in total. The summed E-state index contributed by atoms with van der Waals surface area (Å²) in [5.41, 5.74) is 2.51. The van der Waals surface area contributed by atoms with Crippen molar-refractivity contribution in [3.05, 3.63) is 29.8 Å². The van der Waals surface area contributed by atoms with Gasteiger partial charge in [-0.15, -0.1) is 24.0 Å². The molecule has 1 aliphatic heterocycles. The number of rotatable bonds is 6. The first-order chi connectivity index (χ1) is 13.7. The molecule has 0 aromatic heterocycles. The van der Waals surface area contributed by atoms with Gasteiger partial charge in [-0.05, 0) is 50.3 Å². The first-order valence-electron chi connectivity index (χ1n) is 10.8. The average molecular weight is 513 g/mol. The smallest absolute Gasteiger partial charge is 0.239 e. The minimum atomic E-state index is 0. The number of hydrogen-bond acceptors (Lipinski definition) is 3. The lowest BCUT2D eigenvalue weighted by molar-refractivity contribution is -0.120. The molecule has 7 heteroatoms. The number of benzene rings is 1. The molecule has 1 saturated carbocycles. The van der Waals surface area contributed by atoms with Crippen LogP contribution in [-0.4, -0.2) is 44.6 Å². The van der Waals surface area contributed by atoms with Crippen molar-refractivity contribution >= 4 is 41.5 Å². The van der Waals surface area contributed by atoms with Gasteiger partial charge in [0, 0.05) is 31.9 Å². The van der Waals surface area contributed by atoms with Crippen LogP contribution in [0.15, 0.2) is 29.3 Å². The quantitative estimate of drug-likeness (QED) is 0.309. The standard InChI is InChI=1S/C22H35N5O.HI/c1-17(18-9-8-12-20(15-18)27-13-6-7-14-27)25-22(23-2)24-16-21(28)26-19-10-4-3-5-11-19;/h8-9,12,15,17,19H,3-7,10-11,13-14,16H2,1-2H3,(H,26,28)(H2,23,24,25);1H. The predicted octanol–water partition coefficient (Wildman–Crippen LogP) is 3.58. The van der Waals surface area contributed by atoms with Gasteiger partial charge in [-0.1, -0.05) is 31.4 Å². The summed E-state index contributed by atoms with van der Waals surface area (Å²) in [5.74, 6) is 0.691. The van der Waals surface area contributed by atoms with Crippen LogP contribution in [0, 0.1) is 0 Å². The highest BCUT2D eigenvalue weighted by Gasteiger charge is 2.17. The minimum absolute atomic E-state index is 0. The van der Waals surface area contributed by atoms with Crippen molar-refractivity contribution in [3.63, 3.8) is 0 Å². The molecule has 2 fully saturated rings. The third-order valence-corrected chi connectivity index (χ3v) is 5.80. The molecule has 1 aliphatic carbocycles. The zero-order valence-corrected chi connectivity index (χ0v) is 20.1. The zero-order chi connectivity index (χ0) is 19.8. The van der Waals surface area contributed by atoms with E-state index in [1.54, 1.807) is 7.05 Å². The maximum atomic E-state index is 12.2. The van der Waals surface area contributed by atoms with Crippen LogP contribution in [0.3, 0.4) is 0 Å². The molecular weight excluding hydrogens is 477 g/mol. The third kappa shape index (κ3) is 7.35. The average Bonchev–Trinajstić information content (AvgIpc) is 3.27. The summed E-state index contributed by atoms with van der Waals surface area (Å²) in [4.78, 5) is 18.9. The fourth-order valence-electron chi connectivity index (χ4n) is 4.14. The number of nitrogens with zero attached hydrogens (tertiary/aromatic N) is 2. The van der Waals surface area contributed by atoms with Crippen LogP contribution < -0.4 is 20.9 Å². The Balaban J connectivity index is 0.00000300. The van der Waals surface area contributed by atoms with E-state index in [2.05, 4.69) is 57.0 Å². The molecule has 0 radical (unpaired) electrons. The maximum absolute atomic E-state index is 12.2. The Morgan fingerprint density at radius 2 is 1.90 bits per heavy atom. The van der Waals surface area contributed by atoms with Crippen LogP contribution in [0.1, 0.15) is 63.5 Å². The summed E-state index contributed by atoms with van der Waals surface area (Å²) in [6.07, 6.45) is 8.48. The number of aliphatic imine (C=N–C) groups is 1. The molecule has 0 spiro atoms. The SMILES string of the molecule is CN=C(NCC(=O)NC1CCCCC1)NC(C)c1cccc(N2CCCC2)c1.I. The van der Waals surface area contributed by atoms with E-state index >= 15 is 0 Å². The van der Waals surface area contributed by atoms with Crippen molar-refractivity contribution in [3.8, 4) is 0 Å². The molecular formula is C22H36IN5O. The van der Waals surface area contributed by atoms with Gasteiger partial charge in [-0.2, -0.15) is 0 Å². The zero-order valence-electron chi connectivity index (χ0n) is 17.7. The largest absolute Gasteiger partial charge is 0.372 e. The van der Waals surface area contributed by atoms with E-state index < -0.39 is 0 Å². The summed E-state index contributed by atoms with van der Waals surface area (Å²) in [6.45, 7) is 4.66. The Labute approximate surface area is 192 Å². The second-order valence-corrected chi connectivity index (χ2v) is 7.98. The highest BCUT2D eigenvalue weighted by molar-refractivity contribution is 14.0. The molecule has 1 aromatic rings. The Morgan fingerprint density at radius 1 is 1.17 bits per heavy atom. The van der Waals surface area contributed by atoms with Gasteiger partial charge in [0.2, 0.25) is 5.91 Å². The molecule has 1 amide bonds. The molecule has 1 heterocycles. The van der Waals surface area contributed by atoms with Crippen molar-refractivity contribution in [2.24, 2.45) is 4.99 Å². The van der Waals surface area contributed by atoms with E-state index in [4.69, 9.17) is 0 Å². The monoisotopic (exact) mass is 513 g/mol. The highest BCUT2D eigenvalue weighted by Crippen LogP contribution is 2.24. The summed E-state index contributed by atoms with van der Waals surface area (Å²) in [6, 6.07) is 9.14. The molecule has 1 unspecified atom stereocenters. The fraction of sp³-hybridized carbons (Fsp3) is 0.636. The molecule has 0 bridgehead atoms. The molecule has 1 saturated heterocycles. The number of guanidine groups is 1. The summed E-state index contributed by atoms with van der Waals surface area (Å²) in [5, 5.41) is 9.68. The maximum Gasteiger partial charge on any atom is 0.239 e. The van der Waals surface area contributed by atoms with Crippen LogP contribution in [0.2, 0.25) is 0 Å². The van der Waals surface area contributed by atoms with Gasteiger partial charge >= 0.3 is 0 Å². The number of amides is 1. The van der Waals surface area contributed by atoms with Gasteiger partial charge in [-0.3, -0.25) is 9.79 Å². The lowest BCUT2D eigenvalue weighted by Gasteiger charge is -2.24. The molecule has 3 rings (SSSR count). The van der Waals surface area contributed by atoms with E-state index in [0.717, 1.165) is 25.9 Å². The van der Waals surface area contributed by atoms with Gasteiger partial charge in [0.25, 0.3) is 0 Å². The van der Waals surface area contributed by atoms with E-state index in [1.165, 1.54) is 43.4 Å². The van der Waals surface area contributed by atoms with Gasteiger partial charge < -0.3 is 20.9 Å². The summed E-state index contributed by atoms with van der Waals surface area (Å²) in [7, 11) is 1.74. The van der Waals surface area contributed by atoms with Crippen molar-refractivity contribution in [2.75, 3.05) is 31.6 Å². The number of hydrogen-bond donors (Lipinski definition) is 3. The van der Waals surface area contributed by atoms with Crippen LogP contribution in [-0.2, 0) is 4.79 Å². The Morgan fingerprint density at radius 3 is 2.59 bits per heavy atom. The van der Waals surface area contributed by atoms with Crippen molar-refractivity contribution in [1.29, 1.82) is 0 Å². The highest BCUT2D eigenvalue weighted by atomic mass is 127. The lowest BCUT2D eigenvalue weighted by atomic mass is 9.95. The Hall–Kier alpha value is -1.51. The van der Waals surface area contributed by atoms with Crippen molar-refractivity contribution in [2.45, 2.75) is 64.0 Å². The third-order valence-electron chi connectivity index (χ3n) is 5.80. The van der Waals surface area contributed by atoms with Gasteiger partial charge in [0.15, 0.2) is 5.96 Å². The molecule has 162 valence electrons. The number of halogens is 1. The van der Waals surface area contributed by atoms with Crippen LogP contribution in [0.5, 0.6) is 0 Å². The number of nitrogens with one attached hydrogen (secondary N) is 3. The second-order valence-electron chi connectivity index (χ2n) is 7.98. The Bertz CT molecular complexity index is 669. The number of anilines is 1. The normalized spacial score (nSPS) is 18.7. The molecule has 6 nitrogen and oxygen atoms in total. The fourth-order valence-corrected chi connectivity index (χ4v) is 4.14. The topological polar surface area (TPSA) is 68.8 Å². The van der Waals surface area contributed by atoms with E-state index in [-0.39, 0.29) is 42.5 Å². The van der Waals surface area contributed by atoms with E-state index in [1.807, 2.05) is 0 Å². The molecule has 2 aliphatic rings. The number of carbonyl (C=O) groups is 1. The molecule has 29 heavy (non-hydrogen) atoms. The van der Waals surface area contributed by atoms with Crippen LogP contribution >= 0.6 is 24.0 Å².